The molecule has 0 radical (unpaired) electrons. The van der Waals surface area contributed by atoms with Crippen LogP contribution in [0.25, 0.3) is 0 Å². The molecule has 0 aliphatic carbocycles. The fourth-order valence-electron chi connectivity index (χ4n) is 2.59. The number of para-hydroxylation sites is 1. The lowest BCUT2D eigenvalue weighted by atomic mass is 10.1. The Labute approximate surface area is 160 Å². The summed E-state index contributed by atoms with van der Waals surface area (Å²) in [6.45, 7) is 1.21. The maximum atomic E-state index is 13.7. The van der Waals surface area contributed by atoms with E-state index in [2.05, 4.69) is 5.32 Å². The molecule has 1 N–H and O–H groups in total. The molecule has 142 valence electrons. The zero-order valence-electron chi connectivity index (χ0n) is 15.0. The number of amides is 1. The molecule has 28 heavy (non-hydrogen) atoms. The van der Waals surface area contributed by atoms with Gasteiger partial charge in [0.25, 0.3) is 11.5 Å². The van der Waals surface area contributed by atoms with Crippen molar-refractivity contribution in [2.45, 2.75) is 13.5 Å². The average molecular weight is 380 g/mol. The number of pyridine rings is 1. The monoisotopic (exact) mass is 380 g/mol. The highest BCUT2D eigenvalue weighted by Gasteiger charge is 2.16. The fraction of sp³-hybridized carbons (Fsp3) is 0.0952. The highest BCUT2D eigenvalue weighted by Crippen LogP contribution is 2.16. The van der Waals surface area contributed by atoms with E-state index in [1.54, 1.807) is 36.4 Å². The summed E-state index contributed by atoms with van der Waals surface area (Å²) in [5.41, 5.74) is 0.0515. The summed E-state index contributed by atoms with van der Waals surface area (Å²) in [5, 5.41) is 2.57. The molecule has 6 nitrogen and oxygen atoms in total. The van der Waals surface area contributed by atoms with Crippen molar-refractivity contribution in [2.24, 2.45) is 0 Å². The van der Waals surface area contributed by atoms with E-state index in [1.807, 2.05) is 0 Å². The molecule has 1 amide bonds. The number of hydrogen-bond acceptors (Lipinski definition) is 4. The van der Waals surface area contributed by atoms with Gasteiger partial charge in [-0.3, -0.25) is 14.4 Å². The minimum absolute atomic E-state index is 0.172. The fourth-order valence-corrected chi connectivity index (χ4v) is 2.59. The lowest BCUT2D eigenvalue weighted by Gasteiger charge is -2.11. The molecule has 0 atom stereocenters. The average Bonchev–Trinajstić information content (AvgIpc) is 2.68. The van der Waals surface area contributed by atoms with Crippen molar-refractivity contribution in [1.82, 2.24) is 4.73 Å². The van der Waals surface area contributed by atoms with Crippen molar-refractivity contribution >= 4 is 17.4 Å². The van der Waals surface area contributed by atoms with Gasteiger partial charge in [-0.25, -0.2) is 4.39 Å². The van der Waals surface area contributed by atoms with E-state index in [4.69, 9.17) is 4.84 Å². The Morgan fingerprint density at radius 2 is 1.68 bits per heavy atom. The van der Waals surface area contributed by atoms with E-state index in [9.17, 15) is 18.8 Å². The molecule has 0 bridgehead atoms. The highest BCUT2D eigenvalue weighted by atomic mass is 19.1. The van der Waals surface area contributed by atoms with Crippen LogP contribution in [0.1, 0.15) is 33.2 Å². The van der Waals surface area contributed by atoms with E-state index in [0.29, 0.717) is 11.3 Å². The van der Waals surface area contributed by atoms with E-state index >= 15 is 0 Å². The van der Waals surface area contributed by atoms with Crippen molar-refractivity contribution in [1.29, 1.82) is 0 Å². The van der Waals surface area contributed by atoms with Gasteiger partial charge in [-0.2, -0.15) is 4.73 Å². The SMILES string of the molecule is CC(=O)c1ccccc1NC(=O)c1cccn(OCc2ccccc2F)c1=O. The van der Waals surface area contributed by atoms with Gasteiger partial charge in [-0.15, -0.1) is 0 Å². The number of benzene rings is 2. The predicted molar refractivity (Wildman–Crippen MR) is 102 cm³/mol. The normalized spacial score (nSPS) is 10.4. The third-order valence-electron chi connectivity index (χ3n) is 4.03. The summed E-state index contributed by atoms with van der Waals surface area (Å²) in [6, 6.07) is 15.3. The summed E-state index contributed by atoms with van der Waals surface area (Å²) in [6.07, 6.45) is 1.34. The van der Waals surface area contributed by atoms with E-state index in [1.165, 1.54) is 37.4 Å². The van der Waals surface area contributed by atoms with Gasteiger partial charge in [0.05, 0.1) is 5.69 Å². The van der Waals surface area contributed by atoms with Crippen LogP contribution in [-0.4, -0.2) is 16.4 Å². The maximum absolute atomic E-state index is 13.7. The van der Waals surface area contributed by atoms with Crippen LogP contribution in [0.3, 0.4) is 0 Å². The highest BCUT2D eigenvalue weighted by molar-refractivity contribution is 6.08. The van der Waals surface area contributed by atoms with E-state index < -0.39 is 17.3 Å². The van der Waals surface area contributed by atoms with Crippen LogP contribution in [0, 0.1) is 5.82 Å². The smallest absolute Gasteiger partial charge is 0.295 e. The van der Waals surface area contributed by atoms with Gasteiger partial charge in [0.2, 0.25) is 0 Å². The van der Waals surface area contributed by atoms with E-state index in [-0.39, 0.29) is 23.5 Å². The van der Waals surface area contributed by atoms with Crippen LogP contribution in [-0.2, 0) is 6.61 Å². The molecule has 0 saturated heterocycles. The predicted octanol–water partition coefficient (Wildman–Crippen LogP) is 3.07. The quantitative estimate of drug-likeness (QED) is 0.667. The third-order valence-corrected chi connectivity index (χ3v) is 4.03. The Bertz CT molecular complexity index is 1090. The Morgan fingerprint density at radius 3 is 2.43 bits per heavy atom. The maximum Gasteiger partial charge on any atom is 0.295 e. The Morgan fingerprint density at radius 1 is 1.00 bits per heavy atom. The molecule has 0 saturated carbocycles. The molecular formula is C21H17FN2O4. The number of carbonyl (C=O) groups excluding carboxylic acids is 2. The molecule has 3 rings (SSSR count). The van der Waals surface area contributed by atoms with Crippen molar-refractivity contribution in [2.75, 3.05) is 5.32 Å². The van der Waals surface area contributed by atoms with Crippen molar-refractivity contribution in [3.05, 3.63) is 99.7 Å². The molecule has 1 heterocycles. The summed E-state index contributed by atoms with van der Waals surface area (Å²) in [5.74, 6) is -1.34. The number of rotatable bonds is 6. The van der Waals surface area contributed by atoms with Gasteiger partial charge in [0.1, 0.15) is 18.0 Å². The first-order valence-corrected chi connectivity index (χ1v) is 8.47. The van der Waals surface area contributed by atoms with Gasteiger partial charge >= 0.3 is 0 Å². The minimum atomic E-state index is -0.698. The largest absolute Gasteiger partial charge is 0.406 e. The van der Waals surface area contributed by atoms with Crippen LogP contribution < -0.4 is 15.7 Å². The molecular weight excluding hydrogens is 363 g/mol. The number of ketones is 1. The summed E-state index contributed by atoms with van der Waals surface area (Å²) in [4.78, 5) is 42.1. The zero-order chi connectivity index (χ0) is 20.1. The number of hydrogen-bond donors (Lipinski definition) is 1. The molecule has 0 aliphatic rings. The first kappa shape index (κ1) is 19.0. The molecule has 0 spiro atoms. The number of Topliss-reactive ketones (excluding diaryl/α,β-unsaturated/α-hetero) is 1. The van der Waals surface area contributed by atoms with Crippen molar-refractivity contribution in [3.63, 3.8) is 0 Å². The van der Waals surface area contributed by atoms with Crippen LogP contribution in [0.15, 0.2) is 71.7 Å². The van der Waals surface area contributed by atoms with Gasteiger partial charge < -0.3 is 10.2 Å². The van der Waals surface area contributed by atoms with Gasteiger partial charge in [-0.05, 0) is 37.3 Å². The number of nitrogens with zero attached hydrogens (tertiary/aromatic N) is 1. The molecule has 2 aromatic carbocycles. The van der Waals surface area contributed by atoms with Crippen LogP contribution in [0.2, 0.25) is 0 Å². The van der Waals surface area contributed by atoms with Gasteiger partial charge in [0.15, 0.2) is 5.78 Å². The second-order valence-corrected chi connectivity index (χ2v) is 5.97. The topological polar surface area (TPSA) is 77.4 Å². The van der Waals surface area contributed by atoms with Crippen LogP contribution in [0.5, 0.6) is 0 Å². The number of nitrogens with one attached hydrogen (secondary N) is 1. The Kier molecular flexibility index (Phi) is 5.64. The second kappa shape index (κ2) is 8.30. The van der Waals surface area contributed by atoms with E-state index in [0.717, 1.165) is 4.73 Å². The first-order valence-electron chi connectivity index (χ1n) is 8.47. The number of carbonyl (C=O) groups is 2. The van der Waals surface area contributed by atoms with Gasteiger partial charge in [-0.1, -0.05) is 30.3 Å². The number of aromatic nitrogens is 1. The lowest BCUT2D eigenvalue weighted by Crippen LogP contribution is -2.32. The van der Waals surface area contributed by atoms with Gasteiger partial charge in [0, 0.05) is 17.3 Å². The Hall–Kier alpha value is -3.74. The summed E-state index contributed by atoms with van der Waals surface area (Å²) in [7, 11) is 0. The van der Waals surface area contributed by atoms with Crippen molar-refractivity contribution in [3.8, 4) is 0 Å². The summed E-state index contributed by atoms with van der Waals surface area (Å²) < 4.78 is 14.6. The number of anilines is 1. The number of halogens is 1. The zero-order valence-corrected chi connectivity index (χ0v) is 15.0. The summed E-state index contributed by atoms with van der Waals surface area (Å²) >= 11 is 0. The second-order valence-electron chi connectivity index (χ2n) is 5.97. The van der Waals surface area contributed by atoms with Crippen molar-refractivity contribution < 1.29 is 18.8 Å². The standard InChI is InChI=1S/C21H17FN2O4/c1-14(25)16-8-3-5-11-19(16)23-20(26)17-9-6-12-24(21(17)27)28-13-15-7-2-4-10-18(15)22/h2-12H,13H2,1H3,(H,23,26). The first-order chi connectivity index (χ1) is 13.5. The third kappa shape index (κ3) is 4.15. The van der Waals surface area contributed by atoms with Crippen LogP contribution >= 0.6 is 0 Å². The lowest BCUT2D eigenvalue weighted by molar-refractivity contribution is 0.0847. The molecule has 0 unspecified atom stereocenters. The molecule has 3 aromatic rings. The minimum Gasteiger partial charge on any atom is -0.406 e. The molecule has 7 heteroatoms. The Balaban J connectivity index is 1.81. The molecule has 1 aromatic heterocycles. The van der Waals surface area contributed by atoms with Crippen LogP contribution in [0.4, 0.5) is 10.1 Å². The molecule has 0 aliphatic heterocycles. The molecule has 0 fully saturated rings.